The molecule has 0 aliphatic rings. The number of carbonyl (C=O) groups excluding carboxylic acids is 1. The molecule has 2 aromatic heterocycles. The van der Waals surface area contributed by atoms with Crippen molar-refractivity contribution in [3.8, 4) is 5.95 Å². The van der Waals surface area contributed by atoms with Crippen LogP contribution in [0.25, 0.3) is 5.95 Å². The monoisotopic (exact) mass is 341 g/mol. The topological polar surface area (TPSA) is 72.7 Å². The molecule has 122 valence electrons. The summed E-state index contributed by atoms with van der Waals surface area (Å²) in [4.78, 5) is 25.2. The van der Waals surface area contributed by atoms with Gasteiger partial charge in [-0.2, -0.15) is 0 Å². The minimum absolute atomic E-state index is 0.264. The van der Waals surface area contributed by atoms with Crippen molar-refractivity contribution in [1.29, 1.82) is 0 Å². The van der Waals surface area contributed by atoms with Crippen LogP contribution in [0, 0.1) is 20.8 Å². The fourth-order valence-corrected chi connectivity index (χ4v) is 2.60. The molecule has 2 heterocycles. The van der Waals surface area contributed by atoms with Crippen LogP contribution in [-0.4, -0.2) is 25.4 Å². The lowest BCUT2D eigenvalue weighted by Crippen LogP contribution is -2.13. The van der Waals surface area contributed by atoms with Crippen molar-refractivity contribution >= 4 is 23.2 Å². The Balaban J connectivity index is 1.81. The zero-order valence-electron chi connectivity index (χ0n) is 13.5. The van der Waals surface area contributed by atoms with E-state index in [1.807, 2.05) is 25.3 Å². The number of hydrogen-bond acceptors (Lipinski definition) is 4. The normalized spacial score (nSPS) is 10.7. The van der Waals surface area contributed by atoms with Gasteiger partial charge in [-0.3, -0.25) is 9.36 Å². The molecule has 0 bridgehead atoms. The van der Waals surface area contributed by atoms with E-state index in [1.54, 1.807) is 36.7 Å². The molecule has 0 unspecified atom stereocenters. The number of carbonyl (C=O) groups is 1. The molecular formula is C17H16ClN5O. The molecule has 0 aliphatic carbocycles. The molecule has 1 aromatic carbocycles. The Morgan fingerprint density at radius 1 is 1.17 bits per heavy atom. The van der Waals surface area contributed by atoms with Crippen LogP contribution in [0.2, 0.25) is 5.02 Å². The maximum atomic E-state index is 12.2. The lowest BCUT2D eigenvalue weighted by molar-refractivity contribution is 0.102. The molecule has 0 fully saturated rings. The van der Waals surface area contributed by atoms with Gasteiger partial charge < -0.3 is 5.32 Å². The van der Waals surface area contributed by atoms with Crippen molar-refractivity contribution in [2.75, 3.05) is 5.32 Å². The Kier molecular flexibility index (Phi) is 4.31. The van der Waals surface area contributed by atoms with Gasteiger partial charge in [-0.05, 0) is 39.0 Å². The van der Waals surface area contributed by atoms with E-state index in [0.717, 1.165) is 17.2 Å². The third-order valence-corrected chi connectivity index (χ3v) is 3.93. The summed E-state index contributed by atoms with van der Waals surface area (Å²) in [6.45, 7) is 5.81. The smallest absolute Gasteiger partial charge is 0.255 e. The molecule has 0 saturated carbocycles. The number of nitrogens with one attached hydrogen (secondary N) is 1. The highest BCUT2D eigenvalue weighted by molar-refractivity contribution is 6.31. The Labute approximate surface area is 144 Å². The first-order valence-corrected chi connectivity index (χ1v) is 7.75. The highest BCUT2D eigenvalue weighted by Gasteiger charge is 2.12. The highest BCUT2D eigenvalue weighted by Crippen LogP contribution is 2.16. The van der Waals surface area contributed by atoms with Crippen LogP contribution in [-0.2, 0) is 0 Å². The Morgan fingerprint density at radius 3 is 2.46 bits per heavy atom. The summed E-state index contributed by atoms with van der Waals surface area (Å²) in [7, 11) is 0. The number of halogens is 1. The van der Waals surface area contributed by atoms with Crippen LogP contribution in [0.3, 0.4) is 0 Å². The molecular weight excluding hydrogens is 326 g/mol. The molecule has 0 spiro atoms. The van der Waals surface area contributed by atoms with Gasteiger partial charge in [-0.25, -0.2) is 15.0 Å². The van der Waals surface area contributed by atoms with E-state index < -0.39 is 0 Å². The maximum Gasteiger partial charge on any atom is 0.255 e. The van der Waals surface area contributed by atoms with Crippen LogP contribution in [0.5, 0.6) is 0 Å². The standard InChI is InChI=1S/C17H16ClN5O/c1-10-11(2)23(12(3)21-10)17-19-8-15(9-20-17)22-16(24)13-5-4-6-14(18)7-13/h4-9H,1-3H3,(H,22,24). The first kappa shape index (κ1) is 16.1. The summed E-state index contributed by atoms with van der Waals surface area (Å²) in [5.74, 6) is 1.08. The molecule has 6 nitrogen and oxygen atoms in total. The lowest BCUT2D eigenvalue weighted by atomic mass is 10.2. The van der Waals surface area contributed by atoms with Gasteiger partial charge >= 0.3 is 0 Å². The summed E-state index contributed by atoms with van der Waals surface area (Å²) in [5, 5.41) is 3.26. The predicted molar refractivity (Wildman–Crippen MR) is 92.8 cm³/mol. The average molecular weight is 342 g/mol. The van der Waals surface area contributed by atoms with Gasteiger partial charge in [0.2, 0.25) is 5.95 Å². The van der Waals surface area contributed by atoms with Crippen LogP contribution in [0.15, 0.2) is 36.7 Å². The molecule has 1 amide bonds. The number of rotatable bonds is 3. The van der Waals surface area contributed by atoms with Gasteiger partial charge in [0.05, 0.1) is 23.8 Å². The van der Waals surface area contributed by atoms with E-state index in [4.69, 9.17) is 11.6 Å². The van der Waals surface area contributed by atoms with E-state index in [1.165, 1.54) is 0 Å². The summed E-state index contributed by atoms with van der Waals surface area (Å²) in [6, 6.07) is 6.74. The van der Waals surface area contributed by atoms with Crippen molar-refractivity contribution in [3.05, 3.63) is 64.5 Å². The second-order valence-corrected chi connectivity index (χ2v) is 5.84. The largest absolute Gasteiger partial charge is 0.319 e. The molecule has 7 heteroatoms. The number of aryl methyl sites for hydroxylation is 2. The molecule has 1 N–H and O–H groups in total. The lowest BCUT2D eigenvalue weighted by Gasteiger charge is -2.08. The zero-order valence-corrected chi connectivity index (χ0v) is 14.3. The van der Waals surface area contributed by atoms with Crippen LogP contribution in [0.1, 0.15) is 27.6 Å². The van der Waals surface area contributed by atoms with Crippen LogP contribution in [0.4, 0.5) is 5.69 Å². The number of benzene rings is 1. The van der Waals surface area contributed by atoms with E-state index >= 15 is 0 Å². The third-order valence-electron chi connectivity index (χ3n) is 3.70. The minimum atomic E-state index is -0.264. The van der Waals surface area contributed by atoms with Crippen molar-refractivity contribution in [2.45, 2.75) is 20.8 Å². The molecule has 0 radical (unpaired) electrons. The van der Waals surface area contributed by atoms with Gasteiger partial charge in [0.15, 0.2) is 0 Å². The molecule has 3 aromatic rings. The quantitative estimate of drug-likeness (QED) is 0.791. The van der Waals surface area contributed by atoms with Gasteiger partial charge in [-0.1, -0.05) is 17.7 Å². The number of aromatic nitrogens is 4. The number of nitrogens with zero attached hydrogens (tertiary/aromatic N) is 4. The number of amides is 1. The maximum absolute atomic E-state index is 12.2. The van der Waals surface area contributed by atoms with Crippen molar-refractivity contribution in [2.24, 2.45) is 0 Å². The molecule has 0 aliphatic heterocycles. The Hall–Kier alpha value is -2.73. The third kappa shape index (κ3) is 3.14. The highest BCUT2D eigenvalue weighted by atomic mass is 35.5. The van der Waals surface area contributed by atoms with Crippen molar-refractivity contribution < 1.29 is 4.79 Å². The Bertz CT molecular complexity index is 902. The minimum Gasteiger partial charge on any atom is -0.319 e. The summed E-state index contributed by atoms with van der Waals surface area (Å²) in [6.07, 6.45) is 3.14. The van der Waals surface area contributed by atoms with E-state index in [2.05, 4.69) is 20.3 Å². The summed E-state index contributed by atoms with van der Waals surface area (Å²) >= 11 is 5.90. The Morgan fingerprint density at radius 2 is 1.88 bits per heavy atom. The van der Waals surface area contributed by atoms with E-state index in [-0.39, 0.29) is 5.91 Å². The molecule has 24 heavy (non-hydrogen) atoms. The first-order chi connectivity index (χ1) is 11.5. The van der Waals surface area contributed by atoms with Gasteiger partial charge in [-0.15, -0.1) is 0 Å². The van der Waals surface area contributed by atoms with Crippen LogP contribution >= 0.6 is 11.6 Å². The SMILES string of the molecule is Cc1nc(C)n(-c2ncc(NC(=O)c3cccc(Cl)c3)cn2)c1C. The van der Waals surface area contributed by atoms with Gasteiger partial charge in [0.25, 0.3) is 5.91 Å². The number of anilines is 1. The predicted octanol–water partition coefficient (Wildman–Crippen LogP) is 3.49. The number of imidazole rings is 1. The number of hydrogen-bond donors (Lipinski definition) is 1. The zero-order chi connectivity index (χ0) is 17.3. The fraction of sp³-hybridized carbons (Fsp3) is 0.176. The molecule has 0 atom stereocenters. The van der Waals surface area contributed by atoms with E-state index in [0.29, 0.717) is 22.2 Å². The van der Waals surface area contributed by atoms with Crippen molar-refractivity contribution in [1.82, 2.24) is 19.5 Å². The van der Waals surface area contributed by atoms with Crippen molar-refractivity contribution in [3.63, 3.8) is 0 Å². The molecule has 3 rings (SSSR count). The fourth-order valence-electron chi connectivity index (χ4n) is 2.41. The summed E-state index contributed by atoms with van der Waals surface area (Å²) in [5.41, 5.74) is 2.91. The second-order valence-electron chi connectivity index (χ2n) is 5.40. The molecule has 0 saturated heterocycles. The first-order valence-electron chi connectivity index (χ1n) is 7.37. The van der Waals surface area contributed by atoms with E-state index in [9.17, 15) is 4.79 Å². The second kappa shape index (κ2) is 6.41. The van der Waals surface area contributed by atoms with Gasteiger partial charge in [0.1, 0.15) is 5.82 Å². The average Bonchev–Trinajstić information content (AvgIpc) is 2.81. The van der Waals surface area contributed by atoms with Gasteiger partial charge in [0, 0.05) is 16.3 Å². The van der Waals surface area contributed by atoms with Crippen LogP contribution < -0.4 is 5.32 Å². The summed E-state index contributed by atoms with van der Waals surface area (Å²) < 4.78 is 1.87.